The molecule has 2 atom stereocenters. The highest BCUT2D eigenvalue weighted by molar-refractivity contribution is 5.78. The number of rotatable bonds is 12. The molecule has 0 fully saturated rings. The van der Waals surface area contributed by atoms with E-state index in [1.165, 1.54) is 25.1 Å². The minimum absolute atomic E-state index is 0.0559. The molecule has 0 aliphatic carbocycles. The van der Waals surface area contributed by atoms with Crippen molar-refractivity contribution in [3.05, 3.63) is 30.1 Å². The number of aliphatic carboxylic acids is 1. The molecule has 0 radical (unpaired) electrons. The van der Waals surface area contributed by atoms with Gasteiger partial charge >= 0.3 is 5.97 Å². The Balaban J connectivity index is 2.26. The Morgan fingerprint density at radius 3 is 2.67 bits per heavy atom. The van der Waals surface area contributed by atoms with Crippen LogP contribution in [0.1, 0.15) is 51.9 Å². The Labute approximate surface area is 159 Å². The number of carbonyl (C=O) groups excluding carboxylic acids is 1. The minimum atomic E-state index is -0.835. The maximum atomic E-state index is 13.1. The Bertz CT molecular complexity index is 662. The Morgan fingerprint density at radius 1 is 1.22 bits per heavy atom. The normalized spacial score (nSPS) is 12.6. The van der Waals surface area contributed by atoms with Gasteiger partial charge in [-0.15, -0.1) is 11.8 Å². The van der Waals surface area contributed by atoms with Crippen LogP contribution in [-0.4, -0.2) is 34.7 Å². The standard InChI is InChI=1S/C21H27FO5/c1-16(23)17(8-4-2-3-5-13-21(25)26)9-6-11-19(24)15-27-20-12-7-10-18(22)14-20/h7,10,12,14,17,19,24H,3,5-6,8-9,11,13,15H2,1H3,(H,25,26). The molecule has 6 heteroatoms. The molecule has 2 unspecified atom stereocenters. The van der Waals surface area contributed by atoms with Crippen molar-refractivity contribution < 1.29 is 28.9 Å². The third kappa shape index (κ3) is 11.0. The van der Waals surface area contributed by atoms with Crippen molar-refractivity contribution in [2.75, 3.05) is 6.61 Å². The van der Waals surface area contributed by atoms with E-state index in [9.17, 15) is 19.1 Å². The first-order valence-electron chi connectivity index (χ1n) is 9.13. The van der Waals surface area contributed by atoms with Crippen LogP contribution in [-0.2, 0) is 9.59 Å². The van der Waals surface area contributed by atoms with Crippen molar-refractivity contribution in [1.82, 2.24) is 0 Å². The van der Waals surface area contributed by atoms with Gasteiger partial charge in [0.1, 0.15) is 24.0 Å². The number of halogens is 1. The van der Waals surface area contributed by atoms with E-state index in [-0.39, 0.29) is 24.7 Å². The number of Topliss-reactive ketones (excluding diaryl/α,β-unsaturated/α-hetero) is 1. The second kappa shape index (κ2) is 12.9. The van der Waals surface area contributed by atoms with Gasteiger partial charge in [0.2, 0.25) is 0 Å². The molecule has 2 N–H and O–H groups in total. The zero-order valence-corrected chi connectivity index (χ0v) is 15.6. The lowest BCUT2D eigenvalue weighted by molar-refractivity contribution is -0.137. The number of aliphatic hydroxyl groups is 1. The van der Waals surface area contributed by atoms with Crippen LogP contribution in [0, 0.1) is 23.6 Å². The van der Waals surface area contributed by atoms with Crippen molar-refractivity contribution in [2.45, 2.75) is 58.0 Å². The number of benzene rings is 1. The molecule has 0 saturated heterocycles. The number of ketones is 1. The fraction of sp³-hybridized carbons (Fsp3) is 0.524. The van der Waals surface area contributed by atoms with Crippen LogP contribution >= 0.6 is 0 Å². The van der Waals surface area contributed by atoms with E-state index in [0.717, 1.165) is 0 Å². The molecule has 1 rings (SSSR count). The Hall–Kier alpha value is -2.39. The zero-order chi connectivity index (χ0) is 20.1. The van der Waals surface area contributed by atoms with Gasteiger partial charge in [-0.05, 0) is 44.7 Å². The van der Waals surface area contributed by atoms with E-state index in [1.54, 1.807) is 6.07 Å². The maximum absolute atomic E-state index is 13.1. The summed E-state index contributed by atoms with van der Waals surface area (Å²) >= 11 is 0. The van der Waals surface area contributed by atoms with Crippen LogP contribution in [0.25, 0.3) is 0 Å². The summed E-state index contributed by atoms with van der Waals surface area (Å²) in [5, 5.41) is 18.5. The molecule has 1 aromatic carbocycles. The summed E-state index contributed by atoms with van der Waals surface area (Å²) < 4.78 is 18.4. The SMILES string of the molecule is CC(=O)C(CC#CCCCC(=O)O)CCCC(O)COc1cccc(F)c1. The summed E-state index contributed by atoms with van der Waals surface area (Å²) in [6.07, 6.45) is 2.61. The predicted molar refractivity (Wildman–Crippen MR) is 99.8 cm³/mol. The molecule has 0 aromatic heterocycles. The number of aliphatic hydroxyl groups excluding tert-OH is 1. The van der Waals surface area contributed by atoms with Gasteiger partial charge in [0.25, 0.3) is 0 Å². The maximum Gasteiger partial charge on any atom is 0.303 e. The molecule has 0 spiro atoms. The summed E-state index contributed by atoms with van der Waals surface area (Å²) in [5.41, 5.74) is 0. The summed E-state index contributed by atoms with van der Waals surface area (Å²) in [6.45, 7) is 1.60. The molecular weight excluding hydrogens is 351 g/mol. The van der Waals surface area contributed by atoms with E-state index in [0.29, 0.717) is 44.3 Å². The molecule has 148 valence electrons. The zero-order valence-electron chi connectivity index (χ0n) is 15.6. The average molecular weight is 378 g/mol. The molecule has 0 bridgehead atoms. The summed E-state index contributed by atoms with van der Waals surface area (Å²) in [5.74, 6) is 4.86. The lowest BCUT2D eigenvalue weighted by atomic mass is 9.94. The lowest BCUT2D eigenvalue weighted by Gasteiger charge is -2.14. The number of carboxylic acid groups (broad SMARTS) is 1. The summed E-state index contributed by atoms with van der Waals surface area (Å²) in [6, 6.07) is 5.74. The molecule has 0 saturated carbocycles. The van der Waals surface area contributed by atoms with Crippen LogP contribution in [0.2, 0.25) is 0 Å². The third-order valence-corrected chi connectivity index (χ3v) is 4.07. The van der Waals surface area contributed by atoms with Crippen molar-refractivity contribution in [3.63, 3.8) is 0 Å². The van der Waals surface area contributed by atoms with E-state index in [2.05, 4.69) is 11.8 Å². The topological polar surface area (TPSA) is 83.8 Å². The number of ether oxygens (including phenoxy) is 1. The highest BCUT2D eigenvalue weighted by Gasteiger charge is 2.14. The van der Waals surface area contributed by atoms with Gasteiger partial charge in [-0.2, -0.15) is 0 Å². The van der Waals surface area contributed by atoms with Crippen LogP contribution in [0.5, 0.6) is 5.75 Å². The molecule has 0 heterocycles. The fourth-order valence-electron chi connectivity index (χ4n) is 2.49. The number of carboxylic acids is 1. The fourth-order valence-corrected chi connectivity index (χ4v) is 2.49. The van der Waals surface area contributed by atoms with Gasteiger partial charge < -0.3 is 14.9 Å². The van der Waals surface area contributed by atoms with Crippen molar-refractivity contribution in [3.8, 4) is 17.6 Å². The Kier molecular flexibility index (Phi) is 10.8. The highest BCUT2D eigenvalue weighted by Crippen LogP contribution is 2.16. The van der Waals surface area contributed by atoms with E-state index >= 15 is 0 Å². The molecule has 5 nitrogen and oxygen atoms in total. The highest BCUT2D eigenvalue weighted by atomic mass is 19.1. The monoisotopic (exact) mass is 378 g/mol. The summed E-state index contributed by atoms with van der Waals surface area (Å²) in [4.78, 5) is 22.1. The van der Waals surface area contributed by atoms with Crippen molar-refractivity contribution >= 4 is 11.8 Å². The first-order valence-corrected chi connectivity index (χ1v) is 9.13. The summed E-state index contributed by atoms with van der Waals surface area (Å²) in [7, 11) is 0. The smallest absolute Gasteiger partial charge is 0.303 e. The van der Waals surface area contributed by atoms with Crippen LogP contribution < -0.4 is 4.74 Å². The van der Waals surface area contributed by atoms with Gasteiger partial charge in [-0.1, -0.05) is 6.07 Å². The molecular formula is C21H27FO5. The molecule has 27 heavy (non-hydrogen) atoms. The van der Waals surface area contributed by atoms with Gasteiger partial charge in [0.05, 0.1) is 6.10 Å². The van der Waals surface area contributed by atoms with Crippen LogP contribution in [0.4, 0.5) is 4.39 Å². The second-order valence-electron chi connectivity index (χ2n) is 6.47. The van der Waals surface area contributed by atoms with E-state index < -0.39 is 17.9 Å². The second-order valence-corrected chi connectivity index (χ2v) is 6.47. The number of carbonyl (C=O) groups is 2. The first kappa shape index (κ1) is 22.7. The largest absolute Gasteiger partial charge is 0.491 e. The molecule has 1 aromatic rings. The number of hydrogen-bond donors (Lipinski definition) is 2. The predicted octanol–water partition coefficient (Wildman–Crippen LogP) is 3.59. The molecule has 0 aliphatic heterocycles. The molecule has 0 aliphatic rings. The number of hydrogen-bond acceptors (Lipinski definition) is 4. The van der Waals surface area contributed by atoms with Crippen LogP contribution in [0.3, 0.4) is 0 Å². The van der Waals surface area contributed by atoms with Gasteiger partial charge in [0, 0.05) is 31.2 Å². The average Bonchev–Trinajstić information content (AvgIpc) is 2.60. The number of unbranched alkanes of at least 4 members (excludes halogenated alkanes) is 1. The quantitative estimate of drug-likeness (QED) is 0.429. The third-order valence-electron chi connectivity index (χ3n) is 4.07. The van der Waals surface area contributed by atoms with Crippen molar-refractivity contribution in [1.29, 1.82) is 0 Å². The molecule has 0 amide bonds. The van der Waals surface area contributed by atoms with Crippen molar-refractivity contribution in [2.24, 2.45) is 5.92 Å². The Morgan fingerprint density at radius 2 is 2.00 bits per heavy atom. The minimum Gasteiger partial charge on any atom is -0.491 e. The van der Waals surface area contributed by atoms with Gasteiger partial charge in [-0.3, -0.25) is 9.59 Å². The first-order chi connectivity index (χ1) is 12.9. The van der Waals surface area contributed by atoms with Crippen LogP contribution in [0.15, 0.2) is 24.3 Å². The van der Waals surface area contributed by atoms with Gasteiger partial charge in [-0.25, -0.2) is 4.39 Å². The lowest BCUT2D eigenvalue weighted by Crippen LogP contribution is -2.18. The van der Waals surface area contributed by atoms with E-state index in [1.807, 2.05) is 0 Å². The van der Waals surface area contributed by atoms with E-state index in [4.69, 9.17) is 9.84 Å². The van der Waals surface area contributed by atoms with Gasteiger partial charge in [0.15, 0.2) is 0 Å².